The standard InChI is InChI=1S/C19H20N2O4/c1-3-18(23)21-16-7-5-4-6-15(16)17(22)12-19(24)20-13-8-10-14(25-2)11-9-13/h4-11H,3,12H2,1-2H3,(H,20,24)(H,21,23). The molecule has 0 atom stereocenters. The van der Waals surface area contributed by atoms with Crippen LogP contribution in [0, 0.1) is 0 Å². The molecule has 2 aromatic carbocycles. The van der Waals surface area contributed by atoms with E-state index in [1.807, 2.05) is 0 Å². The van der Waals surface area contributed by atoms with Crippen LogP contribution in [-0.4, -0.2) is 24.7 Å². The molecule has 0 aliphatic heterocycles. The molecule has 2 N–H and O–H groups in total. The third kappa shape index (κ3) is 5.17. The van der Waals surface area contributed by atoms with Crippen LogP contribution >= 0.6 is 0 Å². The minimum atomic E-state index is -0.424. The smallest absolute Gasteiger partial charge is 0.232 e. The molecule has 0 radical (unpaired) electrons. The molecule has 0 aromatic heterocycles. The third-order valence-electron chi connectivity index (χ3n) is 3.52. The molecule has 130 valence electrons. The molecule has 2 rings (SSSR count). The zero-order valence-corrected chi connectivity index (χ0v) is 14.2. The molecular weight excluding hydrogens is 320 g/mol. The summed E-state index contributed by atoms with van der Waals surface area (Å²) in [5.41, 5.74) is 1.30. The van der Waals surface area contributed by atoms with Crippen LogP contribution in [0.25, 0.3) is 0 Å². The fraction of sp³-hybridized carbons (Fsp3) is 0.211. The van der Waals surface area contributed by atoms with Crippen LogP contribution in [0.2, 0.25) is 0 Å². The summed E-state index contributed by atoms with van der Waals surface area (Å²) in [5, 5.41) is 5.33. The lowest BCUT2D eigenvalue weighted by atomic mass is 10.1. The Kier molecular flexibility index (Phi) is 6.28. The Hall–Kier alpha value is -3.15. The Bertz CT molecular complexity index is 769. The maximum atomic E-state index is 12.4. The van der Waals surface area contributed by atoms with Crippen LogP contribution in [0.1, 0.15) is 30.1 Å². The molecule has 0 unspecified atom stereocenters. The zero-order chi connectivity index (χ0) is 18.2. The number of carbonyl (C=O) groups is 3. The molecule has 2 amide bonds. The summed E-state index contributed by atoms with van der Waals surface area (Å²) in [5.74, 6) is -0.303. The fourth-order valence-corrected chi connectivity index (χ4v) is 2.19. The van der Waals surface area contributed by atoms with Gasteiger partial charge in [-0.25, -0.2) is 0 Å². The normalized spacial score (nSPS) is 10.0. The number of ether oxygens (including phenoxy) is 1. The second kappa shape index (κ2) is 8.63. The van der Waals surface area contributed by atoms with Gasteiger partial charge in [-0.3, -0.25) is 14.4 Å². The van der Waals surface area contributed by atoms with Crippen LogP contribution in [0.3, 0.4) is 0 Å². The highest BCUT2D eigenvalue weighted by molar-refractivity contribution is 6.14. The van der Waals surface area contributed by atoms with Gasteiger partial charge in [-0.15, -0.1) is 0 Å². The molecule has 0 spiro atoms. The summed E-state index contributed by atoms with van der Waals surface area (Å²) in [6.45, 7) is 1.72. The van der Waals surface area contributed by atoms with Crippen LogP contribution in [0.5, 0.6) is 5.75 Å². The number of benzene rings is 2. The molecule has 6 heteroatoms. The molecule has 0 saturated carbocycles. The number of anilines is 2. The van der Waals surface area contributed by atoms with Gasteiger partial charge in [0.25, 0.3) is 0 Å². The minimum Gasteiger partial charge on any atom is -0.497 e. The average Bonchev–Trinajstić information content (AvgIpc) is 2.62. The van der Waals surface area contributed by atoms with Crippen molar-refractivity contribution in [1.82, 2.24) is 0 Å². The number of rotatable bonds is 7. The topological polar surface area (TPSA) is 84.5 Å². The van der Waals surface area contributed by atoms with Crippen LogP contribution in [0.15, 0.2) is 48.5 Å². The van der Waals surface area contributed by atoms with E-state index < -0.39 is 5.91 Å². The van der Waals surface area contributed by atoms with Gasteiger partial charge in [-0.2, -0.15) is 0 Å². The van der Waals surface area contributed by atoms with Crippen molar-refractivity contribution in [3.63, 3.8) is 0 Å². The molecule has 25 heavy (non-hydrogen) atoms. The van der Waals surface area contributed by atoms with E-state index in [9.17, 15) is 14.4 Å². The Labute approximate surface area is 146 Å². The van der Waals surface area contributed by atoms with Gasteiger partial charge in [0.2, 0.25) is 11.8 Å². The summed E-state index contributed by atoms with van der Waals surface area (Å²) in [6.07, 6.45) is -0.00841. The molecule has 0 saturated heterocycles. The first-order valence-corrected chi connectivity index (χ1v) is 7.89. The van der Waals surface area contributed by atoms with Crippen LogP contribution < -0.4 is 15.4 Å². The van der Waals surface area contributed by atoms with Gasteiger partial charge in [-0.05, 0) is 36.4 Å². The summed E-state index contributed by atoms with van der Waals surface area (Å²) in [7, 11) is 1.56. The minimum absolute atomic E-state index is 0.192. The van der Waals surface area contributed by atoms with Crippen molar-refractivity contribution >= 4 is 29.0 Å². The van der Waals surface area contributed by atoms with E-state index in [1.54, 1.807) is 62.6 Å². The largest absolute Gasteiger partial charge is 0.497 e. The maximum Gasteiger partial charge on any atom is 0.232 e. The Morgan fingerprint density at radius 1 is 0.920 bits per heavy atom. The van der Waals surface area contributed by atoms with Crippen molar-refractivity contribution < 1.29 is 19.1 Å². The Morgan fingerprint density at radius 3 is 2.24 bits per heavy atom. The Balaban J connectivity index is 2.03. The molecular formula is C19H20N2O4. The fourth-order valence-electron chi connectivity index (χ4n) is 2.19. The SMILES string of the molecule is CCC(=O)Nc1ccccc1C(=O)CC(=O)Nc1ccc(OC)cc1. The number of Topliss-reactive ketones (excluding diaryl/α,β-unsaturated/α-hetero) is 1. The molecule has 0 fully saturated rings. The van der Waals surface area contributed by atoms with Crippen molar-refractivity contribution in [1.29, 1.82) is 0 Å². The first-order chi connectivity index (χ1) is 12.0. The van der Waals surface area contributed by atoms with Gasteiger partial charge < -0.3 is 15.4 Å². The van der Waals surface area contributed by atoms with Gasteiger partial charge >= 0.3 is 0 Å². The predicted molar refractivity (Wildman–Crippen MR) is 95.9 cm³/mol. The zero-order valence-electron chi connectivity index (χ0n) is 14.2. The quantitative estimate of drug-likeness (QED) is 0.598. The molecule has 2 aromatic rings. The highest BCUT2D eigenvalue weighted by Gasteiger charge is 2.16. The van der Waals surface area contributed by atoms with Crippen molar-refractivity contribution in [3.8, 4) is 5.75 Å². The summed E-state index contributed by atoms with van der Waals surface area (Å²) >= 11 is 0. The number of amides is 2. The number of hydrogen-bond donors (Lipinski definition) is 2. The number of methoxy groups -OCH3 is 1. The number of ketones is 1. The van der Waals surface area contributed by atoms with E-state index in [4.69, 9.17) is 4.74 Å². The molecule has 0 heterocycles. The lowest BCUT2D eigenvalue weighted by Gasteiger charge is -2.10. The maximum absolute atomic E-state index is 12.4. The van der Waals surface area contributed by atoms with E-state index in [0.717, 1.165) is 0 Å². The van der Waals surface area contributed by atoms with Gasteiger partial charge in [-0.1, -0.05) is 19.1 Å². The van der Waals surface area contributed by atoms with Gasteiger partial charge in [0.05, 0.1) is 19.2 Å². The van der Waals surface area contributed by atoms with E-state index in [0.29, 0.717) is 29.1 Å². The van der Waals surface area contributed by atoms with Crippen LogP contribution in [0.4, 0.5) is 11.4 Å². The summed E-state index contributed by atoms with van der Waals surface area (Å²) < 4.78 is 5.05. The van der Waals surface area contributed by atoms with Crippen molar-refractivity contribution in [2.24, 2.45) is 0 Å². The highest BCUT2D eigenvalue weighted by atomic mass is 16.5. The number of para-hydroxylation sites is 1. The number of hydrogen-bond acceptors (Lipinski definition) is 4. The van der Waals surface area contributed by atoms with Crippen LogP contribution in [-0.2, 0) is 9.59 Å². The molecule has 0 aliphatic rings. The van der Waals surface area contributed by atoms with E-state index in [1.165, 1.54) is 0 Å². The lowest BCUT2D eigenvalue weighted by Crippen LogP contribution is -2.18. The van der Waals surface area contributed by atoms with Crippen molar-refractivity contribution in [3.05, 3.63) is 54.1 Å². The number of nitrogens with one attached hydrogen (secondary N) is 2. The molecule has 6 nitrogen and oxygen atoms in total. The van der Waals surface area contributed by atoms with Gasteiger partial charge in [0.15, 0.2) is 5.78 Å². The third-order valence-corrected chi connectivity index (χ3v) is 3.52. The summed E-state index contributed by atoms with van der Waals surface area (Å²) in [6, 6.07) is 13.5. The van der Waals surface area contributed by atoms with E-state index in [2.05, 4.69) is 10.6 Å². The van der Waals surface area contributed by atoms with Crippen molar-refractivity contribution in [2.45, 2.75) is 19.8 Å². The Morgan fingerprint density at radius 2 is 1.60 bits per heavy atom. The number of carbonyl (C=O) groups excluding carboxylic acids is 3. The monoisotopic (exact) mass is 340 g/mol. The van der Waals surface area contributed by atoms with Crippen molar-refractivity contribution in [2.75, 3.05) is 17.7 Å². The van der Waals surface area contributed by atoms with E-state index >= 15 is 0 Å². The average molecular weight is 340 g/mol. The van der Waals surface area contributed by atoms with E-state index in [-0.39, 0.29) is 18.1 Å². The molecule has 0 aliphatic carbocycles. The first kappa shape index (κ1) is 18.2. The lowest BCUT2D eigenvalue weighted by molar-refractivity contribution is -0.116. The highest BCUT2D eigenvalue weighted by Crippen LogP contribution is 2.19. The second-order valence-corrected chi connectivity index (χ2v) is 5.32. The van der Waals surface area contributed by atoms with Gasteiger partial charge in [0.1, 0.15) is 5.75 Å². The summed E-state index contributed by atoms with van der Waals surface area (Å²) in [4.78, 5) is 36.1. The molecule has 0 bridgehead atoms. The predicted octanol–water partition coefficient (Wildman–Crippen LogP) is 3.26. The van der Waals surface area contributed by atoms with Gasteiger partial charge in [0, 0.05) is 17.7 Å². The first-order valence-electron chi connectivity index (χ1n) is 7.89. The second-order valence-electron chi connectivity index (χ2n) is 5.32.